The SMILES string of the molecule is [B]NC[C@H](COCCCCCC)OCCC. The second kappa shape index (κ2) is 13.0. The quantitative estimate of drug-likeness (QED) is 0.409. The molecule has 0 aliphatic heterocycles. The van der Waals surface area contributed by atoms with E-state index in [4.69, 9.17) is 17.5 Å². The predicted octanol–water partition coefficient (Wildman–Crippen LogP) is 2.05. The van der Waals surface area contributed by atoms with Crippen molar-refractivity contribution < 1.29 is 9.47 Å². The summed E-state index contributed by atoms with van der Waals surface area (Å²) in [6, 6.07) is 0. The Morgan fingerprint density at radius 1 is 1.06 bits per heavy atom. The van der Waals surface area contributed by atoms with Gasteiger partial charge in [-0.15, -0.1) is 0 Å². The molecule has 1 N–H and O–H groups in total. The Kier molecular flexibility index (Phi) is 13.0. The fourth-order valence-electron chi connectivity index (χ4n) is 1.43. The summed E-state index contributed by atoms with van der Waals surface area (Å²) in [6.07, 6.45) is 6.06. The number of rotatable bonds is 12. The molecule has 0 heterocycles. The summed E-state index contributed by atoms with van der Waals surface area (Å²) in [5.74, 6) is 0. The average Bonchev–Trinajstić information content (AvgIpc) is 2.30. The minimum Gasteiger partial charge on any atom is -0.379 e. The van der Waals surface area contributed by atoms with Gasteiger partial charge in [0.25, 0.3) is 0 Å². The monoisotopic (exact) mass is 227 g/mol. The van der Waals surface area contributed by atoms with Crippen LogP contribution in [0.15, 0.2) is 0 Å². The van der Waals surface area contributed by atoms with Gasteiger partial charge in [0, 0.05) is 19.8 Å². The molecule has 0 spiro atoms. The standard InChI is InChI=1S/C12H26BNO2/c1-3-5-6-7-9-15-11-12(10-14-13)16-8-4-2/h12,14H,3-11H2,1-2H3/t12-/m1/s1. The number of hydrogen-bond donors (Lipinski definition) is 1. The van der Waals surface area contributed by atoms with E-state index < -0.39 is 0 Å². The first kappa shape index (κ1) is 15.9. The van der Waals surface area contributed by atoms with Gasteiger partial charge in [0.15, 0.2) is 7.98 Å². The summed E-state index contributed by atoms with van der Waals surface area (Å²) in [5, 5.41) is 2.63. The molecule has 0 rings (SSSR count). The van der Waals surface area contributed by atoms with E-state index in [0.29, 0.717) is 13.2 Å². The molecule has 4 heteroatoms. The topological polar surface area (TPSA) is 30.5 Å². The van der Waals surface area contributed by atoms with Gasteiger partial charge >= 0.3 is 0 Å². The molecule has 0 bridgehead atoms. The third-order valence-electron chi connectivity index (χ3n) is 2.35. The normalized spacial score (nSPS) is 12.9. The van der Waals surface area contributed by atoms with Gasteiger partial charge in [0.1, 0.15) is 0 Å². The van der Waals surface area contributed by atoms with Gasteiger partial charge in [-0.1, -0.05) is 33.1 Å². The largest absolute Gasteiger partial charge is 0.379 e. The van der Waals surface area contributed by atoms with Crippen LogP contribution >= 0.6 is 0 Å². The molecule has 0 aliphatic carbocycles. The maximum absolute atomic E-state index is 5.59. The zero-order valence-corrected chi connectivity index (χ0v) is 10.8. The molecule has 0 aromatic rings. The number of ether oxygens (including phenoxy) is 2. The molecule has 0 saturated heterocycles. The Morgan fingerprint density at radius 3 is 2.50 bits per heavy atom. The highest BCUT2D eigenvalue weighted by Crippen LogP contribution is 2.00. The minimum absolute atomic E-state index is 0.0797. The molecule has 0 amide bonds. The van der Waals surface area contributed by atoms with Crippen LogP contribution in [0.5, 0.6) is 0 Å². The van der Waals surface area contributed by atoms with E-state index in [2.05, 4.69) is 19.1 Å². The van der Waals surface area contributed by atoms with E-state index in [1.54, 1.807) is 0 Å². The first-order valence-electron chi connectivity index (χ1n) is 6.47. The number of hydrogen-bond acceptors (Lipinski definition) is 3. The molecule has 0 aliphatic rings. The zero-order valence-electron chi connectivity index (χ0n) is 10.8. The highest BCUT2D eigenvalue weighted by Gasteiger charge is 2.07. The van der Waals surface area contributed by atoms with Gasteiger partial charge in [0.2, 0.25) is 0 Å². The second-order valence-corrected chi connectivity index (χ2v) is 4.04. The van der Waals surface area contributed by atoms with Gasteiger partial charge in [-0.05, 0) is 12.8 Å². The predicted molar refractivity (Wildman–Crippen MR) is 68.7 cm³/mol. The van der Waals surface area contributed by atoms with Gasteiger partial charge in [-0.2, -0.15) is 0 Å². The molecule has 0 unspecified atom stereocenters. The van der Waals surface area contributed by atoms with Crippen LogP contribution in [0.25, 0.3) is 0 Å². The second-order valence-electron chi connectivity index (χ2n) is 4.04. The molecular weight excluding hydrogens is 201 g/mol. The minimum atomic E-state index is 0.0797. The summed E-state index contributed by atoms with van der Waals surface area (Å²) in [6.45, 7) is 7.19. The summed E-state index contributed by atoms with van der Waals surface area (Å²) in [4.78, 5) is 0. The molecule has 0 aromatic heterocycles. The lowest BCUT2D eigenvalue weighted by molar-refractivity contribution is -0.0137. The van der Waals surface area contributed by atoms with Crippen LogP contribution in [0.4, 0.5) is 0 Å². The smallest absolute Gasteiger partial charge is 0.177 e. The van der Waals surface area contributed by atoms with Crippen molar-refractivity contribution in [2.75, 3.05) is 26.4 Å². The zero-order chi connectivity index (χ0) is 12.1. The molecule has 2 radical (unpaired) electrons. The van der Waals surface area contributed by atoms with Crippen LogP contribution in [0.1, 0.15) is 46.0 Å². The van der Waals surface area contributed by atoms with Crippen LogP contribution < -0.4 is 5.23 Å². The lowest BCUT2D eigenvalue weighted by Gasteiger charge is -2.17. The van der Waals surface area contributed by atoms with Gasteiger partial charge in [0.05, 0.1) is 12.7 Å². The summed E-state index contributed by atoms with van der Waals surface area (Å²) >= 11 is 0. The van der Waals surface area contributed by atoms with Crippen molar-refractivity contribution in [3.05, 3.63) is 0 Å². The summed E-state index contributed by atoms with van der Waals surface area (Å²) in [7, 11) is 5.29. The van der Waals surface area contributed by atoms with E-state index >= 15 is 0 Å². The van der Waals surface area contributed by atoms with Crippen LogP contribution in [-0.2, 0) is 9.47 Å². The Labute approximate surface area is 102 Å². The highest BCUT2D eigenvalue weighted by molar-refractivity contribution is 6.04. The van der Waals surface area contributed by atoms with Crippen molar-refractivity contribution in [1.82, 2.24) is 5.23 Å². The molecule has 1 atom stereocenters. The van der Waals surface area contributed by atoms with Crippen molar-refractivity contribution in [2.45, 2.75) is 52.1 Å². The highest BCUT2D eigenvalue weighted by atomic mass is 16.5. The Morgan fingerprint density at radius 2 is 1.88 bits per heavy atom. The summed E-state index contributed by atoms with van der Waals surface area (Å²) < 4.78 is 11.2. The first-order valence-corrected chi connectivity index (χ1v) is 6.47. The van der Waals surface area contributed by atoms with Crippen molar-refractivity contribution in [3.63, 3.8) is 0 Å². The molecule has 0 saturated carbocycles. The lowest BCUT2D eigenvalue weighted by atomic mass is 10.2. The maximum Gasteiger partial charge on any atom is 0.177 e. The van der Waals surface area contributed by atoms with Crippen molar-refractivity contribution >= 4 is 7.98 Å². The van der Waals surface area contributed by atoms with Gasteiger partial charge in [-0.3, -0.25) is 0 Å². The van der Waals surface area contributed by atoms with E-state index in [1.807, 2.05) is 0 Å². The van der Waals surface area contributed by atoms with Crippen LogP contribution in [0.2, 0.25) is 0 Å². The van der Waals surface area contributed by atoms with Crippen LogP contribution in [-0.4, -0.2) is 40.5 Å². The molecule has 94 valence electrons. The number of unbranched alkanes of at least 4 members (excludes halogenated alkanes) is 3. The third kappa shape index (κ3) is 10.5. The molecule has 0 fully saturated rings. The average molecular weight is 227 g/mol. The van der Waals surface area contributed by atoms with Crippen molar-refractivity contribution in [2.24, 2.45) is 0 Å². The Balaban J connectivity index is 3.36. The van der Waals surface area contributed by atoms with Crippen LogP contribution in [0.3, 0.4) is 0 Å². The van der Waals surface area contributed by atoms with Gasteiger partial charge < -0.3 is 14.7 Å². The van der Waals surface area contributed by atoms with E-state index in [0.717, 1.165) is 26.1 Å². The first-order chi connectivity index (χ1) is 7.85. The third-order valence-corrected chi connectivity index (χ3v) is 2.35. The van der Waals surface area contributed by atoms with Crippen molar-refractivity contribution in [1.29, 1.82) is 0 Å². The van der Waals surface area contributed by atoms with E-state index in [9.17, 15) is 0 Å². The van der Waals surface area contributed by atoms with Crippen LogP contribution in [0, 0.1) is 0 Å². The Hall–Kier alpha value is -0.0551. The Bertz CT molecular complexity index is 136. The fraction of sp³-hybridized carbons (Fsp3) is 1.00. The number of nitrogens with one attached hydrogen (secondary N) is 1. The maximum atomic E-state index is 5.59. The molecule has 0 aromatic carbocycles. The summed E-state index contributed by atoms with van der Waals surface area (Å²) in [5.41, 5.74) is 0. The van der Waals surface area contributed by atoms with E-state index in [-0.39, 0.29) is 6.10 Å². The molecule has 3 nitrogen and oxygen atoms in total. The molecule has 16 heavy (non-hydrogen) atoms. The lowest BCUT2D eigenvalue weighted by Crippen LogP contribution is -2.32. The van der Waals surface area contributed by atoms with Crippen molar-refractivity contribution in [3.8, 4) is 0 Å². The van der Waals surface area contributed by atoms with E-state index in [1.165, 1.54) is 19.3 Å². The van der Waals surface area contributed by atoms with Gasteiger partial charge in [-0.25, -0.2) is 0 Å². The fourth-order valence-corrected chi connectivity index (χ4v) is 1.43. The molecular formula is C12H26BNO2.